The standard InChI is InChI=1S/C8H13N3O2S/c1-5-6(14-11-10-5)7(13)9-8(2,3)4-12/h12H,4H2,1-3H3,(H,9,13). The summed E-state index contributed by atoms with van der Waals surface area (Å²) in [5.74, 6) is -0.239. The fourth-order valence-corrected chi connectivity index (χ4v) is 1.40. The number of aliphatic hydroxyl groups is 1. The Labute approximate surface area is 86.3 Å². The van der Waals surface area contributed by atoms with E-state index in [4.69, 9.17) is 5.11 Å². The Morgan fingerprint density at radius 1 is 1.64 bits per heavy atom. The second kappa shape index (κ2) is 4.02. The molecule has 0 spiro atoms. The molecule has 0 aliphatic carbocycles. The second-order valence-corrected chi connectivity index (χ2v) is 4.44. The molecule has 0 aromatic carbocycles. The Balaban J connectivity index is 2.73. The molecule has 0 aliphatic rings. The van der Waals surface area contributed by atoms with Gasteiger partial charge in [0.15, 0.2) is 0 Å². The summed E-state index contributed by atoms with van der Waals surface area (Å²) >= 11 is 1.05. The van der Waals surface area contributed by atoms with E-state index in [2.05, 4.69) is 14.9 Å². The zero-order valence-electron chi connectivity index (χ0n) is 8.37. The minimum Gasteiger partial charge on any atom is -0.394 e. The predicted octanol–water partition coefficient (Wildman–Crippen LogP) is 0.347. The highest BCUT2D eigenvalue weighted by Crippen LogP contribution is 2.10. The highest BCUT2D eigenvalue weighted by Gasteiger charge is 2.22. The minimum absolute atomic E-state index is 0.107. The van der Waals surface area contributed by atoms with E-state index < -0.39 is 5.54 Å². The third-order valence-electron chi connectivity index (χ3n) is 1.70. The van der Waals surface area contributed by atoms with Crippen LogP contribution in [0.3, 0.4) is 0 Å². The summed E-state index contributed by atoms with van der Waals surface area (Å²) in [6.45, 7) is 5.11. The normalized spacial score (nSPS) is 11.4. The average molecular weight is 215 g/mol. The van der Waals surface area contributed by atoms with Crippen molar-refractivity contribution in [3.8, 4) is 0 Å². The highest BCUT2D eigenvalue weighted by molar-refractivity contribution is 7.08. The average Bonchev–Trinajstić information content (AvgIpc) is 2.51. The maximum atomic E-state index is 11.6. The van der Waals surface area contributed by atoms with Crippen molar-refractivity contribution in [1.29, 1.82) is 0 Å². The molecule has 0 atom stereocenters. The van der Waals surface area contributed by atoms with Crippen LogP contribution in [-0.4, -0.2) is 32.7 Å². The molecule has 1 aromatic heterocycles. The van der Waals surface area contributed by atoms with Crippen LogP contribution in [0.25, 0.3) is 0 Å². The first kappa shape index (κ1) is 11.1. The Hall–Kier alpha value is -1.01. The maximum Gasteiger partial charge on any atom is 0.265 e. The molecule has 1 rings (SSSR count). The van der Waals surface area contributed by atoms with E-state index in [0.29, 0.717) is 10.6 Å². The Morgan fingerprint density at radius 2 is 2.29 bits per heavy atom. The molecular formula is C8H13N3O2S. The molecule has 6 heteroatoms. The van der Waals surface area contributed by atoms with Crippen molar-refractivity contribution < 1.29 is 9.90 Å². The van der Waals surface area contributed by atoms with Crippen LogP contribution in [0, 0.1) is 6.92 Å². The van der Waals surface area contributed by atoms with Gasteiger partial charge >= 0.3 is 0 Å². The van der Waals surface area contributed by atoms with Crippen molar-refractivity contribution in [2.24, 2.45) is 0 Å². The molecule has 14 heavy (non-hydrogen) atoms. The van der Waals surface area contributed by atoms with Crippen LogP contribution in [0.4, 0.5) is 0 Å². The summed E-state index contributed by atoms with van der Waals surface area (Å²) in [5.41, 5.74) is -0.00529. The van der Waals surface area contributed by atoms with Gasteiger partial charge in [0.25, 0.3) is 5.91 Å². The highest BCUT2D eigenvalue weighted by atomic mass is 32.1. The maximum absolute atomic E-state index is 11.6. The molecule has 0 radical (unpaired) electrons. The molecule has 0 unspecified atom stereocenters. The van der Waals surface area contributed by atoms with Crippen LogP contribution in [0.2, 0.25) is 0 Å². The Kier molecular flexibility index (Phi) is 3.17. The van der Waals surface area contributed by atoms with Crippen molar-refractivity contribution >= 4 is 17.4 Å². The second-order valence-electron chi connectivity index (χ2n) is 3.68. The van der Waals surface area contributed by atoms with Crippen LogP contribution in [0.1, 0.15) is 29.2 Å². The van der Waals surface area contributed by atoms with Gasteiger partial charge in [-0.1, -0.05) is 4.49 Å². The van der Waals surface area contributed by atoms with Gasteiger partial charge in [-0.3, -0.25) is 4.79 Å². The van der Waals surface area contributed by atoms with Crippen LogP contribution >= 0.6 is 11.5 Å². The minimum atomic E-state index is -0.618. The molecule has 1 heterocycles. The van der Waals surface area contributed by atoms with Crippen molar-refractivity contribution in [1.82, 2.24) is 14.9 Å². The first-order valence-corrected chi connectivity index (χ1v) is 4.96. The molecule has 1 aromatic rings. The lowest BCUT2D eigenvalue weighted by atomic mass is 10.1. The van der Waals surface area contributed by atoms with E-state index in [1.165, 1.54) is 0 Å². The van der Waals surface area contributed by atoms with Crippen molar-refractivity contribution in [2.45, 2.75) is 26.3 Å². The number of rotatable bonds is 3. The monoisotopic (exact) mass is 215 g/mol. The van der Waals surface area contributed by atoms with Gasteiger partial charge in [-0.2, -0.15) is 0 Å². The molecule has 0 fully saturated rings. The van der Waals surface area contributed by atoms with Gasteiger partial charge in [0, 0.05) is 0 Å². The predicted molar refractivity (Wildman–Crippen MR) is 53.3 cm³/mol. The SMILES string of the molecule is Cc1nnsc1C(=O)NC(C)(C)CO. The van der Waals surface area contributed by atoms with Gasteiger partial charge in [0.2, 0.25) is 0 Å². The van der Waals surface area contributed by atoms with Crippen LogP contribution < -0.4 is 5.32 Å². The lowest BCUT2D eigenvalue weighted by Crippen LogP contribution is -2.46. The molecule has 0 bridgehead atoms. The number of hydrogen-bond donors (Lipinski definition) is 2. The van der Waals surface area contributed by atoms with Crippen molar-refractivity contribution in [2.75, 3.05) is 6.61 Å². The number of hydrogen-bond acceptors (Lipinski definition) is 5. The molecule has 0 saturated heterocycles. The van der Waals surface area contributed by atoms with Gasteiger partial charge in [-0.25, -0.2) is 0 Å². The first-order valence-electron chi connectivity index (χ1n) is 4.18. The van der Waals surface area contributed by atoms with E-state index >= 15 is 0 Å². The number of aryl methyl sites for hydroxylation is 1. The third kappa shape index (κ3) is 2.49. The molecule has 0 saturated carbocycles. The molecule has 0 aliphatic heterocycles. The zero-order valence-corrected chi connectivity index (χ0v) is 9.18. The van der Waals surface area contributed by atoms with Gasteiger partial charge in [0.05, 0.1) is 17.8 Å². The molecule has 78 valence electrons. The number of aromatic nitrogens is 2. The van der Waals surface area contributed by atoms with E-state index in [1.807, 2.05) is 0 Å². The number of carbonyl (C=O) groups excluding carboxylic acids is 1. The number of aliphatic hydroxyl groups excluding tert-OH is 1. The lowest BCUT2D eigenvalue weighted by Gasteiger charge is -2.22. The van der Waals surface area contributed by atoms with E-state index in [0.717, 1.165) is 11.5 Å². The summed E-state index contributed by atoms with van der Waals surface area (Å²) < 4.78 is 3.67. The fraction of sp³-hybridized carbons (Fsp3) is 0.625. The molecule has 2 N–H and O–H groups in total. The molecule has 1 amide bonds. The summed E-state index contributed by atoms with van der Waals surface area (Å²) in [5, 5.41) is 15.4. The topological polar surface area (TPSA) is 75.1 Å². The number of nitrogens with one attached hydrogen (secondary N) is 1. The van der Waals surface area contributed by atoms with Gasteiger partial charge in [0.1, 0.15) is 4.88 Å². The summed E-state index contributed by atoms with van der Waals surface area (Å²) in [6.07, 6.45) is 0. The third-order valence-corrected chi connectivity index (χ3v) is 2.53. The lowest BCUT2D eigenvalue weighted by molar-refractivity contribution is 0.0872. The van der Waals surface area contributed by atoms with Gasteiger partial charge < -0.3 is 10.4 Å². The number of nitrogens with zero attached hydrogens (tertiary/aromatic N) is 2. The van der Waals surface area contributed by atoms with E-state index in [9.17, 15) is 4.79 Å². The Bertz CT molecular complexity index is 335. The fourth-order valence-electron chi connectivity index (χ4n) is 0.843. The van der Waals surface area contributed by atoms with Crippen molar-refractivity contribution in [3.63, 3.8) is 0 Å². The van der Waals surface area contributed by atoms with Gasteiger partial charge in [-0.05, 0) is 32.3 Å². The zero-order chi connectivity index (χ0) is 10.8. The summed E-state index contributed by atoms with van der Waals surface area (Å²) in [7, 11) is 0. The van der Waals surface area contributed by atoms with Gasteiger partial charge in [-0.15, -0.1) is 5.10 Å². The summed E-state index contributed by atoms with van der Waals surface area (Å²) in [6, 6.07) is 0. The first-order chi connectivity index (χ1) is 6.46. The molecule has 5 nitrogen and oxygen atoms in total. The van der Waals surface area contributed by atoms with E-state index in [1.54, 1.807) is 20.8 Å². The summed E-state index contributed by atoms with van der Waals surface area (Å²) in [4.78, 5) is 12.1. The Morgan fingerprint density at radius 3 is 2.71 bits per heavy atom. The largest absolute Gasteiger partial charge is 0.394 e. The van der Waals surface area contributed by atoms with E-state index in [-0.39, 0.29) is 12.5 Å². The smallest absolute Gasteiger partial charge is 0.265 e. The van der Waals surface area contributed by atoms with Crippen LogP contribution in [-0.2, 0) is 0 Å². The van der Waals surface area contributed by atoms with Crippen LogP contribution in [0.5, 0.6) is 0 Å². The quantitative estimate of drug-likeness (QED) is 0.762. The number of amides is 1. The number of carbonyl (C=O) groups is 1. The van der Waals surface area contributed by atoms with Crippen LogP contribution in [0.15, 0.2) is 0 Å². The molecular weight excluding hydrogens is 202 g/mol. The van der Waals surface area contributed by atoms with Crippen molar-refractivity contribution in [3.05, 3.63) is 10.6 Å².